The van der Waals surface area contributed by atoms with E-state index in [-0.39, 0.29) is 18.0 Å². The highest BCUT2D eigenvalue weighted by Crippen LogP contribution is 2.20. The highest BCUT2D eigenvalue weighted by molar-refractivity contribution is 7.09. The summed E-state index contributed by atoms with van der Waals surface area (Å²) in [6.45, 7) is 0.326. The first-order valence-electron chi connectivity index (χ1n) is 9.17. The molecule has 0 atom stereocenters. The standard InChI is InChI=1S/C21H19ClN4O3S/c1-25-17-8-5-14(9-18(17)26(2)21(25)28)23-19(27)10-15-12-30-20(24-15)11-29-16-6-3-13(22)4-7-16/h3-9,12H,10-11H2,1-2H3,(H,23,27). The van der Waals surface area contributed by atoms with Gasteiger partial charge < -0.3 is 10.1 Å². The van der Waals surface area contributed by atoms with Crippen LogP contribution in [0.15, 0.2) is 52.6 Å². The number of hydrogen-bond donors (Lipinski definition) is 1. The van der Waals surface area contributed by atoms with Gasteiger partial charge in [-0.2, -0.15) is 0 Å². The number of rotatable bonds is 6. The fourth-order valence-electron chi connectivity index (χ4n) is 3.13. The van der Waals surface area contributed by atoms with Crippen LogP contribution >= 0.6 is 22.9 Å². The SMILES string of the molecule is Cn1c(=O)n(C)c2cc(NC(=O)Cc3csc(COc4ccc(Cl)cc4)n3)ccc21. The van der Waals surface area contributed by atoms with E-state index in [0.29, 0.717) is 28.8 Å². The van der Waals surface area contributed by atoms with Crippen molar-refractivity contribution in [1.29, 1.82) is 0 Å². The largest absolute Gasteiger partial charge is 0.486 e. The summed E-state index contributed by atoms with van der Waals surface area (Å²) < 4.78 is 8.81. The van der Waals surface area contributed by atoms with Gasteiger partial charge in [-0.3, -0.25) is 13.9 Å². The van der Waals surface area contributed by atoms with Crippen LogP contribution in [0.2, 0.25) is 5.02 Å². The van der Waals surface area contributed by atoms with Crippen LogP contribution in [0.25, 0.3) is 11.0 Å². The molecule has 30 heavy (non-hydrogen) atoms. The highest BCUT2D eigenvalue weighted by Gasteiger charge is 2.12. The van der Waals surface area contributed by atoms with Gasteiger partial charge in [0, 0.05) is 30.2 Å². The normalized spacial score (nSPS) is 11.0. The Hall–Kier alpha value is -3.10. The summed E-state index contributed by atoms with van der Waals surface area (Å²) in [7, 11) is 3.43. The second-order valence-corrected chi connectivity index (χ2v) is 8.18. The minimum absolute atomic E-state index is 0.107. The minimum Gasteiger partial charge on any atom is -0.486 e. The van der Waals surface area contributed by atoms with Crippen molar-refractivity contribution >= 4 is 45.6 Å². The molecule has 0 fully saturated rings. The van der Waals surface area contributed by atoms with E-state index in [1.165, 1.54) is 11.3 Å². The molecule has 0 unspecified atom stereocenters. The van der Waals surface area contributed by atoms with Gasteiger partial charge in [-0.05, 0) is 42.5 Å². The van der Waals surface area contributed by atoms with Crippen LogP contribution in [0.1, 0.15) is 10.7 Å². The molecule has 0 spiro atoms. The lowest BCUT2D eigenvalue weighted by Gasteiger charge is -2.05. The first kappa shape index (κ1) is 20.2. The fraction of sp³-hybridized carbons (Fsp3) is 0.190. The summed E-state index contributed by atoms with van der Waals surface area (Å²) in [5.41, 5.74) is 2.78. The molecule has 4 rings (SSSR count). The zero-order valence-electron chi connectivity index (χ0n) is 16.4. The van der Waals surface area contributed by atoms with Gasteiger partial charge in [-0.15, -0.1) is 11.3 Å². The number of anilines is 1. The molecule has 0 saturated heterocycles. The number of ether oxygens (including phenoxy) is 1. The maximum Gasteiger partial charge on any atom is 0.328 e. The number of aromatic nitrogens is 3. The number of aryl methyl sites for hydroxylation is 2. The smallest absolute Gasteiger partial charge is 0.328 e. The molecule has 154 valence electrons. The Labute approximate surface area is 181 Å². The van der Waals surface area contributed by atoms with Gasteiger partial charge in [0.2, 0.25) is 5.91 Å². The van der Waals surface area contributed by atoms with Gasteiger partial charge in [0.25, 0.3) is 0 Å². The molecule has 0 aliphatic carbocycles. The first-order chi connectivity index (χ1) is 14.4. The molecule has 7 nitrogen and oxygen atoms in total. The molecule has 2 aromatic heterocycles. The van der Waals surface area contributed by atoms with Gasteiger partial charge in [-0.25, -0.2) is 9.78 Å². The summed E-state index contributed by atoms with van der Waals surface area (Å²) in [6.07, 6.45) is 0.156. The van der Waals surface area contributed by atoms with Crippen LogP contribution in [0.5, 0.6) is 5.75 Å². The summed E-state index contributed by atoms with van der Waals surface area (Å²) in [5.74, 6) is 0.533. The number of thiazole rings is 1. The van der Waals surface area contributed by atoms with Crippen molar-refractivity contribution in [2.75, 3.05) is 5.32 Å². The van der Waals surface area contributed by atoms with Gasteiger partial charge in [0.15, 0.2) is 0 Å². The molecule has 2 aromatic carbocycles. The van der Waals surface area contributed by atoms with E-state index in [0.717, 1.165) is 16.0 Å². The molecule has 1 N–H and O–H groups in total. The summed E-state index contributed by atoms with van der Waals surface area (Å²) >= 11 is 7.31. The van der Waals surface area contributed by atoms with E-state index in [1.54, 1.807) is 59.6 Å². The van der Waals surface area contributed by atoms with E-state index in [2.05, 4.69) is 10.3 Å². The minimum atomic E-state index is -0.175. The topological polar surface area (TPSA) is 78.2 Å². The lowest BCUT2D eigenvalue weighted by atomic mass is 10.2. The van der Waals surface area contributed by atoms with Crippen LogP contribution in [-0.2, 0) is 31.9 Å². The number of amides is 1. The third-order valence-electron chi connectivity index (χ3n) is 4.67. The number of carbonyl (C=O) groups excluding carboxylic acids is 1. The quantitative estimate of drug-likeness (QED) is 0.493. The van der Waals surface area contributed by atoms with E-state index in [4.69, 9.17) is 16.3 Å². The summed E-state index contributed by atoms with van der Waals surface area (Å²) in [6, 6.07) is 12.5. The number of hydrogen-bond acceptors (Lipinski definition) is 5. The molecule has 0 aliphatic rings. The van der Waals surface area contributed by atoms with Crippen molar-refractivity contribution in [3.63, 3.8) is 0 Å². The lowest BCUT2D eigenvalue weighted by molar-refractivity contribution is -0.115. The van der Waals surface area contributed by atoms with Crippen LogP contribution in [0.3, 0.4) is 0 Å². The Bertz CT molecular complexity index is 1270. The van der Waals surface area contributed by atoms with Gasteiger partial charge >= 0.3 is 5.69 Å². The van der Waals surface area contributed by atoms with E-state index in [1.807, 2.05) is 11.4 Å². The zero-order valence-corrected chi connectivity index (χ0v) is 18.0. The van der Waals surface area contributed by atoms with Crippen molar-refractivity contribution in [2.45, 2.75) is 13.0 Å². The maximum absolute atomic E-state index is 12.4. The Balaban J connectivity index is 1.37. The fourth-order valence-corrected chi connectivity index (χ4v) is 3.96. The number of fused-ring (bicyclic) bond motifs is 1. The number of nitrogens with one attached hydrogen (secondary N) is 1. The number of nitrogens with zero attached hydrogens (tertiary/aromatic N) is 3. The van der Waals surface area contributed by atoms with Crippen molar-refractivity contribution in [3.05, 3.63) is 74.1 Å². The second-order valence-electron chi connectivity index (χ2n) is 6.80. The van der Waals surface area contributed by atoms with E-state index >= 15 is 0 Å². The molecular formula is C21H19ClN4O3S. The molecule has 0 radical (unpaired) electrons. The highest BCUT2D eigenvalue weighted by atomic mass is 35.5. The van der Waals surface area contributed by atoms with Crippen LogP contribution in [0.4, 0.5) is 5.69 Å². The summed E-state index contributed by atoms with van der Waals surface area (Å²) in [4.78, 5) is 28.9. The molecule has 0 aliphatic heterocycles. The first-order valence-corrected chi connectivity index (χ1v) is 10.4. The molecule has 4 aromatic rings. The number of halogens is 1. The molecule has 0 bridgehead atoms. The maximum atomic E-state index is 12.4. The van der Waals surface area contributed by atoms with Gasteiger partial charge in [0.1, 0.15) is 17.4 Å². The van der Waals surface area contributed by atoms with Crippen molar-refractivity contribution in [1.82, 2.24) is 14.1 Å². The molecule has 0 saturated carbocycles. The van der Waals surface area contributed by atoms with Gasteiger partial charge in [-0.1, -0.05) is 11.6 Å². The van der Waals surface area contributed by atoms with Crippen LogP contribution in [-0.4, -0.2) is 20.0 Å². The molecule has 2 heterocycles. The number of imidazole rings is 1. The van der Waals surface area contributed by atoms with Crippen LogP contribution in [0, 0.1) is 0 Å². The second kappa shape index (κ2) is 8.33. The Morgan fingerprint density at radius 2 is 1.87 bits per heavy atom. The molecule has 9 heteroatoms. The van der Waals surface area contributed by atoms with Crippen LogP contribution < -0.4 is 15.7 Å². The molecular weight excluding hydrogens is 424 g/mol. The van der Waals surface area contributed by atoms with Crippen molar-refractivity contribution in [2.24, 2.45) is 14.1 Å². The van der Waals surface area contributed by atoms with Crippen molar-refractivity contribution in [3.8, 4) is 5.75 Å². The average molecular weight is 443 g/mol. The van der Waals surface area contributed by atoms with E-state index < -0.39 is 0 Å². The predicted octanol–water partition coefficient (Wildman–Crippen LogP) is 3.75. The Morgan fingerprint density at radius 3 is 2.63 bits per heavy atom. The molecule has 1 amide bonds. The average Bonchev–Trinajstić information content (AvgIpc) is 3.26. The van der Waals surface area contributed by atoms with Gasteiger partial charge in [0.05, 0.1) is 23.1 Å². The third kappa shape index (κ3) is 4.24. The predicted molar refractivity (Wildman–Crippen MR) is 118 cm³/mol. The lowest BCUT2D eigenvalue weighted by Crippen LogP contribution is -2.19. The Kier molecular flexibility index (Phi) is 5.61. The zero-order chi connectivity index (χ0) is 21.3. The van der Waals surface area contributed by atoms with E-state index in [9.17, 15) is 9.59 Å². The Morgan fingerprint density at radius 1 is 1.13 bits per heavy atom. The number of benzene rings is 2. The third-order valence-corrected chi connectivity index (χ3v) is 5.80. The monoisotopic (exact) mass is 442 g/mol. The number of carbonyl (C=O) groups is 1. The summed E-state index contributed by atoms with van der Waals surface area (Å²) in [5, 5.41) is 6.16. The van der Waals surface area contributed by atoms with Crippen molar-refractivity contribution < 1.29 is 9.53 Å².